The van der Waals surface area contributed by atoms with E-state index in [0.717, 1.165) is 42.9 Å². The number of nitrogens with one attached hydrogen (secondary N) is 1. The van der Waals surface area contributed by atoms with Crippen LogP contribution in [0.3, 0.4) is 0 Å². The molecule has 132 valence electrons. The van der Waals surface area contributed by atoms with E-state index in [-0.39, 0.29) is 0 Å². The van der Waals surface area contributed by atoms with Crippen LogP contribution in [0.25, 0.3) is 11.0 Å². The van der Waals surface area contributed by atoms with E-state index in [2.05, 4.69) is 41.7 Å². The van der Waals surface area contributed by atoms with Gasteiger partial charge in [0, 0.05) is 32.8 Å². The Balaban J connectivity index is 1.73. The number of hydrogen-bond acceptors (Lipinski definition) is 4. The maximum Gasteiger partial charge on any atom is 0.239 e. The number of fused-ring (bicyclic) bond motifs is 2. The summed E-state index contributed by atoms with van der Waals surface area (Å²) in [5, 5.41) is 4.58. The second kappa shape index (κ2) is 7.57. The number of anilines is 1. The molecular formula is C18H29N3O2Si. The fraction of sp³-hybridized carbons (Fsp3) is 0.611. The molecule has 2 aromatic rings. The fourth-order valence-corrected chi connectivity index (χ4v) is 3.53. The second-order valence-corrected chi connectivity index (χ2v) is 13.3. The molecule has 0 spiro atoms. The molecule has 0 aliphatic carbocycles. The lowest BCUT2D eigenvalue weighted by atomic mass is 10.2. The van der Waals surface area contributed by atoms with E-state index in [0.29, 0.717) is 12.6 Å². The summed E-state index contributed by atoms with van der Waals surface area (Å²) in [5.41, 5.74) is 1.93. The molecule has 0 radical (unpaired) electrons. The fourth-order valence-electron chi connectivity index (χ4n) is 2.77. The second-order valence-electron chi connectivity index (χ2n) is 7.72. The molecule has 0 atom stereocenters. The lowest BCUT2D eigenvalue weighted by Gasteiger charge is -2.16. The highest BCUT2D eigenvalue weighted by Crippen LogP contribution is 2.29. The molecule has 1 aliphatic rings. The molecule has 5 nitrogen and oxygen atoms in total. The Hall–Kier alpha value is -1.53. The van der Waals surface area contributed by atoms with Crippen LogP contribution in [-0.4, -0.2) is 37.4 Å². The van der Waals surface area contributed by atoms with Crippen molar-refractivity contribution < 1.29 is 9.47 Å². The molecule has 0 fully saturated rings. The molecule has 3 heterocycles. The van der Waals surface area contributed by atoms with Gasteiger partial charge in [0.1, 0.15) is 12.4 Å². The predicted molar refractivity (Wildman–Crippen MR) is 102 cm³/mol. The molecule has 1 N–H and O–H groups in total. The van der Waals surface area contributed by atoms with Gasteiger partial charge >= 0.3 is 0 Å². The van der Waals surface area contributed by atoms with E-state index in [4.69, 9.17) is 14.5 Å². The van der Waals surface area contributed by atoms with E-state index < -0.39 is 8.07 Å². The van der Waals surface area contributed by atoms with E-state index >= 15 is 0 Å². The van der Waals surface area contributed by atoms with Gasteiger partial charge in [-0.2, -0.15) is 4.98 Å². The zero-order valence-electron chi connectivity index (χ0n) is 15.1. The van der Waals surface area contributed by atoms with Crippen molar-refractivity contribution >= 4 is 24.8 Å². The summed E-state index contributed by atoms with van der Waals surface area (Å²) in [6.45, 7) is 10.2. The van der Waals surface area contributed by atoms with Gasteiger partial charge in [-0.05, 0) is 37.4 Å². The summed E-state index contributed by atoms with van der Waals surface area (Å²) in [6.07, 6.45) is 5.50. The molecule has 1 aliphatic heterocycles. The first-order valence-electron chi connectivity index (χ1n) is 8.97. The van der Waals surface area contributed by atoms with Crippen LogP contribution >= 0.6 is 0 Å². The molecule has 24 heavy (non-hydrogen) atoms. The zero-order valence-corrected chi connectivity index (χ0v) is 16.1. The van der Waals surface area contributed by atoms with Crippen LogP contribution in [0.4, 0.5) is 5.69 Å². The van der Waals surface area contributed by atoms with Crippen molar-refractivity contribution in [1.29, 1.82) is 0 Å². The van der Waals surface area contributed by atoms with Crippen LogP contribution in [0.2, 0.25) is 25.7 Å². The predicted octanol–water partition coefficient (Wildman–Crippen LogP) is 4.32. The number of hydrogen-bond donors (Lipinski definition) is 1. The van der Waals surface area contributed by atoms with E-state index in [1.54, 1.807) is 0 Å². The third-order valence-corrected chi connectivity index (χ3v) is 6.01. The van der Waals surface area contributed by atoms with E-state index in [1.807, 2.05) is 6.20 Å². The highest BCUT2D eigenvalue weighted by molar-refractivity contribution is 6.76. The zero-order chi connectivity index (χ0) is 17.0. The summed E-state index contributed by atoms with van der Waals surface area (Å²) >= 11 is 0. The Morgan fingerprint density at radius 2 is 2.17 bits per heavy atom. The highest BCUT2D eigenvalue weighted by atomic mass is 28.3. The largest absolute Gasteiger partial charge is 0.476 e. The van der Waals surface area contributed by atoms with Crippen molar-refractivity contribution in [2.75, 3.05) is 25.1 Å². The molecule has 0 saturated carbocycles. The van der Waals surface area contributed by atoms with Gasteiger partial charge in [0.2, 0.25) is 5.88 Å². The van der Waals surface area contributed by atoms with Crippen molar-refractivity contribution in [3.63, 3.8) is 0 Å². The number of pyridine rings is 1. The topological polar surface area (TPSA) is 48.3 Å². The number of aromatic nitrogens is 2. The van der Waals surface area contributed by atoms with Crippen molar-refractivity contribution in [3.05, 3.63) is 18.3 Å². The first-order valence-corrected chi connectivity index (χ1v) is 12.7. The minimum absolute atomic E-state index is 0.549. The summed E-state index contributed by atoms with van der Waals surface area (Å²) in [6, 6.07) is 5.42. The molecule has 0 aromatic carbocycles. The van der Waals surface area contributed by atoms with Crippen LogP contribution in [-0.2, 0) is 11.5 Å². The van der Waals surface area contributed by atoms with Gasteiger partial charge in [0.05, 0.1) is 12.3 Å². The monoisotopic (exact) mass is 347 g/mol. The molecule has 0 amide bonds. The Morgan fingerprint density at radius 3 is 3.00 bits per heavy atom. The van der Waals surface area contributed by atoms with Gasteiger partial charge in [-0.15, -0.1) is 0 Å². The van der Waals surface area contributed by atoms with Crippen molar-refractivity contribution in [3.8, 4) is 5.88 Å². The standard InChI is InChI=1S/C18H29N3O2Si/c1-24(2,3)12-11-22-14-21-9-7-15-13-16-18(20-17(15)21)23-10-6-4-5-8-19-16/h7,9,13,19H,4-6,8,10-12,14H2,1-3H3. The maximum absolute atomic E-state index is 5.89. The van der Waals surface area contributed by atoms with Gasteiger partial charge in [-0.1, -0.05) is 19.6 Å². The normalized spacial score (nSPS) is 15.8. The molecule has 3 rings (SSSR count). The van der Waals surface area contributed by atoms with E-state index in [1.165, 1.54) is 18.9 Å². The van der Waals surface area contributed by atoms with Crippen LogP contribution < -0.4 is 10.1 Å². The molecule has 0 bridgehead atoms. The Morgan fingerprint density at radius 1 is 1.29 bits per heavy atom. The van der Waals surface area contributed by atoms with Crippen LogP contribution in [0.15, 0.2) is 18.3 Å². The number of ether oxygens (including phenoxy) is 2. The van der Waals surface area contributed by atoms with Gasteiger partial charge in [0.25, 0.3) is 0 Å². The summed E-state index contributed by atoms with van der Waals surface area (Å²) in [7, 11) is -1.05. The van der Waals surface area contributed by atoms with Gasteiger partial charge in [-0.25, -0.2) is 0 Å². The first-order chi connectivity index (χ1) is 11.5. The number of rotatable bonds is 5. The summed E-state index contributed by atoms with van der Waals surface area (Å²) < 4.78 is 13.8. The quantitative estimate of drug-likeness (QED) is 0.646. The minimum Gasteiger partial charge on any atom is -0.476 e. The smallest absolute Gasteiger partial charge is 0.239 e. The Labute approximate surface area is 145 Å². The molecule has 0 saturated heterocycles. The Bertz CT molecular complexity index is 679. The van der Waals surface area contributed by atoms with E-state index in [9.17, 15) is 0 Å². The number of nitrogens with zero attached hydrogens (tertiary/aromatic N) is 2. The van der Waals surface area contributed by atoms with Crippen molar-refractivity contribution in [1.82, 2.24) is 9.55 Å². The average molecular weight is 348 g/mol. The highest BCUT2D eigenvalue weighted by Gasteiger charge is 2.14. The molecule has 0 unspecified atom stereocenters. The van der Waals surface area contributed by atoms with Gasteiger partial charge < -0.3 is 19.4 Å². The van der Waals surface area contributed by atoms with Crippen LogP contribution in [0.5, 0.6) is 5.88 Å². The van der Waals surface area contributed by atoms with Crippen molar-refractivity contribution in [2.24, 2.45) is 0 Å². The van der Waals surface area contributed by atoms with Gasteiger partial charge in [0.15, 0.2) is 0 Å². The van der Waals surface area contributed by atoms with Crippen LogP contribution in [0.1, 0.15) is 19.3 Å². The SMILES string of the molecule is C[Si](C)(C)CCOCn1ccc2cc3c(nc21)OCCCCCN3. The average Bonchev–Trinajstić information content (AvgIpc) is 2.95. The minimum atomic E-state index is -1.05. The first kappa shape index (κ1) is 17.3. The van der Waals surface area contributed by atoms with Crippen molar-refractivity contribution in [2.45, 2.75) is 51.7 Å². The molecular weight excluding hydrogens is 318 g/mol. The lowest BCUT2D eigenvalue weighted by Crippen LogP contribution is -2.22. The lowest BCUT2D eigenvalue weighted by molar-refractivity contribution is 0.0898. The summed E-state index contributed by atoms with van der Waals surface area (Å²) in [5.74, 6) is 0.714. The third-order valence-electron chi connectivity index (χ3n) is 4.30. The third kappa shape index (κ3) is 4.51. The summed E-state index contributed by atoms with van der Waals surface area (Å²) in [4.78, 5) is 4.75. The molecule has 6 heteroatoms. The maximum atomic E-state index is 5.89. The van der Waals surface area contributed by atoms with Crippen LogP contribution in [0, 0.1) is 0 Å². The van der Waals surface area contributed by atoms with Gasteiger partial charge in [-0.3, -0.25) is 0 Å². The Kier molecular flexibility index (Phi) is 5.45. The molecule has 2 aromatic heterocycles.